The Labute approximate surface area is 92.0 Å². The molecule has 15 heavy (non-hydrogen) atoms. The van der Waals surface area contributed by atoms with Gasteiger partial charge in [0.15, 0.2) is 0 Å². The smallest absolute Gasteiger partial charge is 0.304 e. The van der Waals surface area contributed by atoms with E-state index in [9.17, 15) is 4.79 Å². The zero-order valence-electron chi connectivity index (χ0n) is 9.79. The summed E-state index contributed by atoms with van der Waals surface area (Å²) in [6.45, 7) is 6.43. The molecule has 0 rings (SSSR count). The first-order valence-corrected chi connectivity index (χ1v) is 5.69. The molecule has 0 fully saturated rings. The van der Waals surface area contributed by atoms with E-state index in [4.69, 9.17) is 9.84 Å². The molecule has 4 nitrogen and oxygen atoms in total. The summed E-state index contributed by atoms with van der Waals surface area (Å²) in [7, 11) is 0. The van der Waals surface area contributed by atoms with E-state index in [-0.39, 0.29) is 12.5 Å². The molecule has 0 aliphatic carbocycles. The molecule has 0 heterocycles. The summed E-state index contributed by atoms with van der Waals surface area (Å²) < 4.78 is 5.38. The minimum Gasteiger partial charge on any atom is -0.481 e. The topological polar surface area (TPSA) is 58.6 Å². The van der Waals surface area contributed by atoms with E-state index in [1.54, 1.807) is 0 Å². The van der Waals surface area contributed by atoms with Crippen molar-refractivity contribution in [3.05, 3.63) is 0 Å². The van der Waals surface area contributed by atoms with Crippen LogP contribution >= 0.6 is 0 Å². The normalized spacial score (nSPS) is 12.7. The second kappa shape index (κ2) is 9.93. The summed E-state index contributed by atoms with van der Waals surface area (Å²) in [6.07, 6.45) is 3.39. The number of nitrogens with one attached hydrogen (secondary N) is 1. The third-order valence-electron chi connectivity index (χ3n) is 2.08. The van der Waals surface area contributed by atoms with E-state index in [0.717, 1.165) is 39.0 Å². The van der Waals surface area contributed by atoms with E-state index < -0.39 is 5.97 Å². The molecule has 0 saturated carbocycles. The second-order valence-corrected chi connectivity index (χ2v) is 3.77. The lowest BCUT2D eigenvalue weighted by Crippen LogP contribution is -2.29. The Morgan fingerprint density at radius 2 is 2.07 bits per heavy atom. The number of hydrogen-bond donors (Lipinski definition) is 2. The summed E-state index contributed by atoms with van der Waals surface area (Å²) in [5, 5.41) is 11.7. The number of hydrogen-bond acceptors (Lipinski definition) is 3. The molecule has 0 aliphatic rings. The van der Waals surface area contributed by atoms with Crippen molar-refractivity contribution in [1.82, 2.24) is 5.32 Å². The van der Waals surface area contributed by atoms with Gasteiger partial charge in [0, 0.05) is 19.3 Å². The molecule has 0 bridgehead atoms. The first-order valence-electron chi connectivity index (χ1n) is 5.69. The standard InChI is InChI=1S/C11H23NO3/c1-3-4-7-15-8-5-6-12-10(2)9-11(13)14/h10,12H,3-9H2,1-2H3,(H,13,14). The van der Waals surface area contributed by atoms with Gasteiger partial charge in [0.1, 0.15) is 0 Å². The number of unbranched alkanes of at least 4 members (excludes halogenated alkanes) is 1. The van der Waals surface area contributed by atoms with Crippen LogP contribution in [0.1, 0.15) is 39.5 Å². The van der Waals surface area contributed by atoms with Crippen molar-refractivity contribution in [2.45, 2.75) is 45.6 Å². The maximum atomic E-state index is 10.4. The molecule has 2 N–H and O–H groups in total. The van der Waals surface area contributed by atoms with Crippen molar-refractivity contribution in [1.29, 1.82) is 0 Å². The van der Waals surface area contributed by atoms with Crippen molar-refractivity contribution in [2.75, 3.05) is 19.8 Å². The minimum atomic E-state index is -0.755. The van der Waals surface area contributed by atoms with Crippen LogP contribution < -0.4 is 5.32 Å². The van der Waals surface area contributed by atoms with Gasteiger partial charge in [-0.15, -0.1) is 0 Å². The molecule has 0 aromatic rings. The van der Waals surface area contributed by atoms with Crippen molar-refractivity contribution < 1.29 is 14.6 Å². The quantitative estimate of drug-likeness (QED) is 0.546. The van der Waals surface area contributed by atoms with Gasteiger partial charge in [-0.1, -0.05) is 13.3 Å². The lowest BCUT2D eigenvalue weighted by Gasteiger charge is -2.11. The maximum Gasteiger partial charge on any atom is 0.304 e. The van der Waals surface area contributed by atoms with Crippen molar-refractivity contribution in [3.8, 4) is 0 Å². The fraction of sp³-hybridized carbons (Fsp3) is 0.909. The van der Waals surface area contributed by atoms with Crippen LogP contribution in [-0.2, 0) is 9.53 Å². The zero-order chi connectivity index (χ0) is 11.5. The number of carboxylic acid groups (broad SMARTS) is 1. The summed E-state index contributed by atoms with van der Waals surface area (Å²) in [5.41, 5.74) is 0. The molecule has 1 unspecified atom stereocenters. The van der Waals surface area contributed by atoms with Gasteiger partial charge in [0.05, 0.1) is 6.42 Å². The largest absolute Gasteiger partial charge is 0.481 e. The predicted octanol–water partition coefficient (Wildman–Crippen LogP) is 1.65. The van der Waals surface area contributed by atoms with Crippen LogP contribution in [0.5, 0.6) is 0 Å². The zero-order valence-corrected chi connectivity index (χ0v) is 9.79. The van der Waals surface area contributed by atoms with Gasteiger partial charge in [-0.05, 0) is 26.3 Å². The molecule has 0 aromatic carbocycles. The number of carboxylic acids is 1. The summed E-state index contributed by atoms with van der Waals surface area (Å²) in [6, 6.07) is 0.0399. The first kappa shape index (κ1) is 14.4. The Morgan fingerprint density at radius 1 is 1.40 bits per heavy atom. The highest BCUT2D eigenvalue weighted by Gasteiger charge is 2.05. The Bertz CT molecular complexity index is 162. The van der Waals surface area contributed by atoms with E-state index in [0.29, 0.717) is 0 Å². The molecular formula is C11H23NO3. The van der Waals surface area contributed by atoms with E-state index >= 15 is 0 Å². The van der Waals surface area contributed by atoms with Crippen LogP contribution in [0.2, 0.25) is 0 Å². The maximum absolute atomic E-state index is 10.4. The van der Waals surface area contributed by atoms with Crippen LogP contribution in [0.15, 0.2) is 0 Å². The Balaban J connectivity index is 3.13. The Hall–Kier alpha value is -0.610. The molecule has 1 atom stereocenters. The van der Waals surface area contributed by atoms with Crippen molar-refractivity contribution in [3.63, 3.8) is 0 Å². The molecular weight excluding hydrogens is 194 g/mol. The van der Waals surface area contributed by atoms with Crippen LogP contribution in [0.3, 0.4) is 0 Å². The van der Waals surface area contributed by atoms with Gasteiger partial charge in [-0.25, -0.2) is 0 Å². The number of ether oxygens (including phenoxy) is 1. The average molecular weight is 217 g/mol. The number of carbonyl (C=O) groups is 1. The lowest BCUT2D eigenvalue weighted by molar-refractivity contribution is -0.137. The average Bonchev–Trinajstić information content (AvgIpc) is 2.15. The summed E-state index contributed by atoms with van der Waals surface area (Å²) >= 11 is 0. The fourth-order valence-corrected chi connectivity index (χ4v) is 1.21. The Kier molecular flexibility index (Phi) is 9.52. The summed E-state index contributed by atoms with van der Waals surface area (Å²) in [4.78, 5) is 10.4. The SMILES string of the molecule is CCCCOCCCNC(C)CC(=O)O. The van der Waals surface area contributed by atoms with E-state index in [1.165, 1.54) is 0 Å². The third kappa shape index (κ3) is 11.3. The van der Waals surface area contributed by atoms with Gasteiger partial charge >= 0.3 is 5.97 Å². The van der Waals surface area contributed by atoms with Crippen molar-refractivity contribution >= 4 is 5.97 Å². The predicted molar refractivity (Wildman–Crippen MR) is 60.1 cm³/mol. The van der Waals surface area contributed by atoms with Crippen LogP contribution in [0, 0.1) is 0 Å². The second-order valence-electron chi connectivity index (χ2n) is 3.77. The molecule has 4 heteroatoms. The monoisotopic (exact) mass is 217 g/mol. The molecule has 0 aliphatic heterocycles. The van der Waals surface area contributed by atoms with Crippen molar-refractivity contribution in [2.24, 2.45) is 0 Å². The highest BCUT2D eigenvalue weighted by molar-refractivity contribution is 5.67. The molecule has 0 amide bonds. The van der Waals surface area contributed by atoms with Crippen LogP contribution in [-0.4, -0.2) is 36.9 Å². The third-order valence-corrected chi connectivity index (χ3v) is 2.08. The first-order chi connectivity index (χ1) is 7.16. The van der Waals surface area contributed by atoms with Crippen LogP contribution in [0.25, 0.3) is 0 Å². The molecule has 0 saturated heterocycles. The molecule has 0 spiro atoms. The van der Waals surface area contributed by atoms with Crippen LogP contribution in [0.4, 0.5) is 0 Å². The van der Waals surface area contributed by atoms with E-state index in [1.807, 2.05) is 6.92 Å². The molecule has 90 valence electrons. The number of rotatable bonds is 10. The fourth-order valence-electron chi connectivity index (χ4n) is 1.21. The summed E-state index contributed by atoms with van der Waals surface area (Å²) in [5.74, 6) is -0.755. The van der Waals surface area contributed by atoms with Gasteiger partial charge in [-0.3, -0.25) is 4.79 Å². The highest BCUT2D eigenvalue weighted by Crippen LogP contribution is 1.92. The molecule has 0 radical (unpaired) electrons. The number of aliphatic carboxylic acids is 1. The van der Waals surface area contributed by atoms with Gasteiger partial charge in [0.25, 0.3) is 0 Å². The highest BCUT2D eigenvalue weighted by atomic mass is 16.5. The minimum absolute atomic E-state index is 0.0399. The van der Waals surface area contributed by atoms with Gasteiger partial charge in [-0.2, -0.15) is 0 Å². The van der Waals surface area contributed by atoms with E-state index in [2.05, 4.69) is 12.2 Å². The Morgan fingerprint density at radius 3 is 2.67 bits per heavy atom. The molecule has 0 aromatic heterocycles. The lowest BCUT2D eigenvalue weighted by atomic mass is 10.2. The van der Waals surface area contributed by atoms with Gasteiger partial charge < -0.3 is 15.2 Å². The van der Waals surface area contributed by atoms with Gasteiger partial charge in [0.2, 0.25) is 0 Å².